The van der Waals surface area contributed by atoms with Crippen LogP contribution >= 0.6 is 0 Å². The lowest BCUT2D eigenvalue weighted by Gasteiger charge is -2.42. The molecule has 4 rings (SSSR count). The van der Waals surface area contributed by atoms with Crippen LogP contribution < -0.4 is 4.74 Å². The summed E-state index contributed by atoms with van der Waals surface area (Å²) in [5.41, 5.74) is -3.57. The molecule has 0 saturated carbocycles. The van der Waals surface area contributed by atoms with E-state index in [9.17, 15) is 22.7 Å². The highest BCUT2D eigenvalue weighted by atomic mass is 19.4. The zero-order valence-corrected chi connectivity index (χ0v) is 20.8. The lowest BCUT2D eigenvalue weighted by Crippen LogP contribution is -2.57. The smallest absolute Gasteiger partial charge is 0.418 e. The molecular weight excluding hydrogens is 494 g/mol. The molecule has 1 saturated heterocycles. The third-order valence-electron chi connectivity index (χ3n) is 6.80. The number of ether oxygens (including phenoxy) is 1. The van der Waals surface area contributed by atoms with Gasteiger partial charge in [0.1, 0.15) is 17.3 Å². The Morgan fingerprint density at radius 2 is 1.86 bits per heavy atom. The van der Waals surface area contributed by atoms with Gasteiger partial charge in [-0.05, 0) is 56.0 Å². The van der Waals surface area contributed by atoms with E-state index >= 15 is 0 Å². The second-order valence-corrected chi connectivity index (χ2v) is 10.0. The summed E-state index contributed by atoms with van der Waals surface area (Å²) >= 11 is 0. The molecule has 12 heteroatoms. The Labute approximate surface area is 211 Å². The van der Waals surface area contributed by atoms with Crippen LogP contribution in [0.25, 0.3) is 11.6 Å². The average molecular weight is 524 g/mol. The molecule has 1 N–H and O–H groups in total. The van der Waals surface area contributed by atoms with E-state index in [4.69, 9.17) is 9.15 Å². The van der Waals surface area contributed by atoms with E-state index in [1.54, 1.807) is 4.90 Å². The molecule has 37 heavy (non-hydrogen) atoms. The van der Waals surface area contributed by atoms with Gasteiger partial charge in [0.15, 0.2) is 5.60 Å². The number of rotatable bonds is 8. The molecule has 1 fully saturated rings. The summed E-state index contributed by atoms with van der Waals surface area (Å²) in [4.78, 5) is 9.67. The van der Waals surface area contributed by atoms with Crippen LogP contribution in [0.4, 0.5) is 17.6 Å². The van der Waals surface area contributed by atoms with Crippen LogP contribution in [0.1, 0.15) is 50.5 Å². The highest BCUT2D eigenvalue weighted by molar-refractivity contribution is 5.43. The van der Waals surface area contributed by atoms with E-state index in [1.807, 2.05) is 0 Å². The molecule has 0 bridgehead atoms. The normalized spacial score (nSPS) is 17.5. The van der Waals surface area contributed by atoms with Crippen molar-refractivity contribution < 1.29 is 31.8 Å². The van der Waals surface area contributed by atoms with Crippen molar-refractivity contribution in [3.63, 3.8) is 0 Å². The van der Waals surface area contributed by atoms with Gasteiger partial charge in [-0.3, -0.25) is 4.98 Å². The van der Waals surface area contributed by atoms with Gasteiger partial charge in [-0.25, -0.2) is 9.37 Å². The van der Waals surface area contributed by atoms with Crippen LogP contribution in [0, 0.1) is 5.82 Å². The number of aromatic nitrogens is 4. The van der Waals surface area contributed by atoms with Crippen LogP contribution in [0.15, 0.2) is 41.2 Å². The Morgan fingerprint density at radius 1 is 1.14 bits per heavy atom. The van der Waals surface area contributed by atoms with Crippen molar-refractivity contribution >= 4 is 0 Å². The maximum atomic E-state index is 14.2. The number of piperidine rings is 1. The number of likely N-dealkylation sites (tertiary alicyclic amines) is 1. The molecule has 3 heterocycles. The molecule has 1 unspecified atom stereocenters. The molecule has 2 aromatic heterocycles. The highest BCUT2D eigenvalue weighted by Crippen LogP contribution is 2.44. The number of halogens is 4. The quantitative estimate of drug-likeness (QED) is 0.431. The van der Waals surface area contributed by atoms with E-state index in [-0.39, 0.29) is 23.1 Å². The fourth-order valence-corrected chi connectivity index (χ4v) is 4.90. The Hall–Kier alpha value is -3.12. The topological polar surface area (TPSA) is 97.4 Å². The number of methoxy groups -OCH3 is 1. The van der Waals surface area contributed by atoms with Crippen molar-refractivity contribution in [3.05, 3.63) is 54.1 Å². The first kappa shape index (κ1) is 26.9. The van der Waals surface area contributed by atoms with Crippen LogP contribution in [-0.2, 0) is 5.41 Å². The van der Waals surface area contributed by atoms with Gasteiger partial charge in [-0.2, -0.15) is 13.2 Å². The largest absolute Gasteiger partial charge is 0.496 e. The van der Waals surface area contributed by atoms with Crippen LogP contribution in [0.5, 0.6) is 5.75 Å². The van der Waals surface area contributed by atoms with Crippen molar-refractivity contribution in [2.45, 2.75) is 56.2 Å². The standard InChI is InChI=1S/C25H29F4N5O3/c1-23(2,18-12-17(26)4-5-20(18)36-3)14-24(35,25(27,28)29)15-34-10-6-16(7-11-34)21-32-33-22(37-21)19-13-30-8-9-31-19/h4-5,8-9,12-13,16,35H,6-7,10-11,14-15H2,1-3H3. The van der Waals surface area contributed by atoms with E-state index in [2.05, 4.69) is 20.2 Å². The maximum absolute atomic E-state index is 14.2. The zero-order valence-electron chi connectivity index (χ0n) is 20.8. The molecular formula is C25H29F4N5O3. The molecule has 1 atom stereocenters. The first-order valence-electron chi connectivity index (χ1n) is 11.9. The van der Waals surface area contributed by atoms with Crippen molar-refractivity contribution in [1.82, 2.24) is 25.1 Å². The average Bonchev–Trinajstić information content (AvgIpc) is 3.34. The third kappa shape index (κ3) is 5.90. The fraction of sp³-hybridized carbons (Fsp3) is 0.520. The zero-order chi connectivity index (χ0) is 26.8. The number of aliphatic hydroxyl groups is 1. The van der Waals surface area contributed by atoms with Crippen molar-refractivity contribution in [3.8, 4) is 17.3 Å². The molecule has 0 amide bonds. The SMILES string of the molecule is COc1ccc(F)cc1C(C)(C)CC(O)(CN1CCC(c2nnc(-c3cnccn3)o2)CC1)C(F)(F)F. The van der Waals surface area contributed by atoms with Crippen molar-refractivity contribution in [1.29, 1.82) is 0 Å². The predicted octanol–water partition coefficient (Wildman–Crippen LogP) is 4.52. The maximum Gasteiger partial charge on any atom is 0.418 e. The molecule has 8 nitrogen and oxygen atoms in total. The van der Waals surface area contributed by atoms with Gasteiger partial charge >= 0.3 is 6.18 Å². The van der Waals surface area contributed by atoms with Crippen LogP contribution in [0.2, 0.25) is 0 Å². The number of hydrogen-bond donors (Lipinski definition) is 1. The van der Waals surface area contributed by atoms with Crippen LogP contribution in [0.3, 0.4) is 0 Å². The van der Waals surface area contributed by atoms with E-state index < -0.39 is 36.0 Å². The van der Waals surface area contributed by atoms with E-state index in [0.717, 1.165) is 6.07 Å². The summed E-state index contributed by atoms with van der Waals surface area (Å²) in [5, 5.41) is 19.1. The van der Waals surface area contributed by atoms with Gasteiger partial charge in [0.2, 0.25) is 5.89 Å². The summed E-state index contributed by atoms with van der Waals surface area (Å²) in [6.45, 7) is 3.07. The third-order valence-corrected chi connectivity index (χ3v) is 6.80. The van der Waals surface area contributed by atoms with E-state index in [1.165, 1.54) is 51.7 Å². The first-order chi connectivity index (χ1) is 17.4. The fourth-order valence-electron chi connectivity index (χ4n) is 4.90. The van der Waals surface area contributed by atoms with Gasteiger partial charge < -0.3 is 19.2 Å². The van der Waals surface area contributed by atoms with Gasteiger partial charge in [0, 0.05) is 30.4 Å². The lowest BCUT2D eigenvalue weighted by molar-refractivity contribution is -0.272. The second kappa shape index (κ2) is 10.3. The van der Waals surface area contributed by atoms with E-state index in [0.29, 0.717) is 37.5 Å². The Bertz CT molecular complexity index is 1200. The molecule has 0 radical (unpaired) electrons. The Balaban J connectivity index is 1.45. The lowest BCUT2D eigenvalue weighted by atomic mass is 9.74. The van der Waals surface area contributed by atoms with Crippen molar-refractivity contribution in [2.75, 3.05) is 26.7 Å². The molecule has 0 spiro atoms. The number of β-amino-alcohol motifs (C(OH)–C–C–N with tert-alkyl or cyclic N) is 1. The summed E-state index contributed by atoms with van der Waals surface area (Å²) in [5.74, 6) is 0.168. The van der Waals surface area contributed by atoms with Crippen LogP contribution in [-0.4, -0.2) is 68.7 Å². The predicted molar refractivity (Wildman–Crippen MR) is 125 cm³/mol. The number of benzene rings is 1. The molecule has 0 aliphatic carbocycles. The Kier molecular flexibility index (Phi) is 7.52. The number of nitrogens with zero attached hydrogens (tertiary/aromatic N) is 5. The summed E-state index contributed by atoms with van der Waals surface area (Å²) < 4.78 is 67.7. The first-order valence-corrected chi connectivity index (χ1v) is 11.9. The number of alkyl halides is 3. The minimum atomic E-state index is -4.90. The Morgan fingerprint density at radius 3 is 2.49 bits per heavy atom. The second-order valence-electron chi connectivity index (χ2n) is 10.0. The van der Waals surface area contributed by atoms with Gasteiger partial charge in [0.25, 0.3) is 5.89 Å². The molecule has 3 aromatic rings. The minimum absolute atomic E-state index is 0.124. The molecule has 1 aliphatic heterocycles. The minimum Gasteiger partial charge on any atom is -0.496 e. The van der Waals surface area contributed by atoms with Gasteiger partial charge in [-0.1, -0.05) is 13.8 Å². The monoisotopic (exact) mass is 523 g/mol. The summed E-state index contributed by atoms with van der Waals surface area (Å²) in [7, 11) is 1.37. The van der Waals surface area contributed by atoms with Gasteiger partial charge in [-0.15, -0.1) is 10.2 Å². The summed E-state index contributed by atoms with van der Waals surface area (Å²) in [6, 6.07) is 3.70. The summed E-state index contributed by atoms with van der Waals surface area (Å²) in [6.07, 6.45) is -0.0826. The van der Waals surface area contributed by atoms with Crippen molar-refractivity contribution in [2.24, 2.45) is 0 Å². The van der Waals surface area contributed by atoms with Gasteiger partial charge in [0.05, 0.1) is 13.3 Å². The molecule has 1 aliphatic rings. The molecule has 1 aromatic carbocycles. The highest BCUT2D eigenvalue weighted by Gasteiger charge is 2.57. The molecule has 200 valence electrons. The number of hydrogen-bond acceptors (Lipinski definition) is 8.